The van der Waals surface area contributed by atoms with E-state index in [4.69, 9.17) is 14.2 Å². The molecule has 0 saturated carbocycles. The van der Waals surface area contributed by atoms with Crippen molar-refractivity contribution in [3.63, 3.8) is 0 Å². The number of aryl methyl sites for hydroxylation is 1. The van der Waals surface area contributed by atoms with E-state index in [1.165, 1.54) is 27.4 Å². The molecule has 0 bridgehead atoms. The molecule has 0 radical (unpaired) electrons. The number of ether oxygens (including phenoxy) is 3. The van der Waals surface area contributed by atoms with E-state index in [2.05, 4.69) is 10.3 Å². The second-order valence-electron chi connectivity index (χ2n) is 7.05. The largest absolute Gasteiger partial charge is 0.493 e. The molecular weight excluding hydrogens is 396 g/mol. The Hall–Kier alpha value is -3.74. The molecule has 7 nitrogen and oxygen atoms in total. The van der Waals surface area contributed by atoms with Crippen molar-refractivity contribution in [2.24, 2.45) is 0 Å². The van der Waals surface area contributed by atoms with Gasteiger partial charge in [0, 0.05) is 23.7 Å². The zero-order valence-corrected chi connectivity index (χ0v) is 18.1. The normalized spacial score (nSPS) is 11.0. The molecular formula is C24H26N2O5. The van der Waals surface area contributed by atoms with Gasteiger partial charge in [0.25, 0.3) is 5.56 Å². The average molecular weight is 422 g/mol. The van der Waals surface area contributed by atoms with Crippen LogP contribution in [-0.2, 0) is 11.2 Å². The number of carbonyl (C=O) groups excluding carboxylic acids is 1. The Balaban J connectivity index is 1.64. The van der Waals surface area contributed by atoms with E-state index < -0.39 is 0 Å². The molecule has 7 heteroatoms. The highest BCUT2D eigenvalue weighted by Gasteiger charge is 2.12. The summed E-state index contributed by atoms with van der Waals surface area (Å²) in [6, 6.07) is 11.3. The second-order valence-corrected chi connectivity index (χ2v) is 7.05. The molecule has 3 rings (SSSR count). The molecule has 31 heavy (non-hydrogen) atoms. The number of nitrogens with one attached hydrogen (secondary N) is 2. The second kappa shape index (κ2) is 9.84. The van der Waals surface area contributed by atoms with Gasteiger partial charge in [0.15, 0.2) is 11.5 Å². The maximum absolute atomic E-state index is 12.3. The first-order chi connectivity index (χ1) is 14.9. The molecule has 1 amide bonds. The number of rotatable bonds is 8. The molecule has 1 heterocycles. The number of aromatic amines is 1. The van der Waals surface area contributed by atoms with Crippen molar-refractivity contribution in [3.8, 4) is 17.2 Å². The minimum Gasteiger partial charge on any atom is -0.493 e. The lowest BCUT2D eigenvalue weighted by atomic mass is 10.1. The Kier molecular flexibility index (Phi) is 6.97. The van der Waals surface area contributed by atoms with Gasteiger partial charge in [-0.3, -0.25) is 9.59 Å². The van der Waals surface area contributed by atoms with Gasteiger partial charge in [-0.2, -0.15) is 0 Å². The topological polar surface area (TPSA) is 89.7 Å². The predicted molar refractivity (Wildman–Crippen MR) is 121 cm³/mol. The molecule has 1 aromatic heterocycles. The molecule has 0 fully saturated rings. The first-order valence-corrected chi connectivity index (χ1v) is 9.83. The van der Waals surface area contributed by atoms with E-state index in [0.29, 0.717) is 35.8 Å². The van der Waals surface area contributed by atoms with Gasteiger partial charge in [-0.05, 0) is 60.2 Å². The molecule has 0 unspecified atom stereocenters. The Morgan fingerprint density at radius 3 is 2.39 bits per heavy atom. The fourth-order valence-corrected chi connectivity index (χ4v) is 3.29. The van der Waals surface area contributed by atoms with E-state index in [1.54, 1.807) is 18.2 Å². The van der Waals surface area contributed by atoms with Crippen molar-refractivity contribution in [1.29, 1.82) is 0 Å². The minimum atomic E-state index is -0.262. The summed E-state index contributed by atoms with van der Waals surface area (Å²) in [7, 11) is 4.60. The monoisotopic (exact) mass is 422 g/mol. The van der Waals surface area contributed by atoms with Gasteiger partial charge in [0.2, 0.25) is 11.7 Å². The van der Waals surface area contributed by atoms with Crippen LogP contribution in [0.5, 0.6) is 17.2 Å². The molecule has 2 aromatic carbocycles. The van der Waals surface area contributed by atoms with Crippen LogP contribution in [0.25, 0.3) is 17.0 Å². The van der Waals surface area contributed by atoms with Crippen molar-refractivity contribution in [1.82, 2.24) is 10.3 Å². The molecule has 0 saturated heterocycles. The Labute approximate surface area is 180 Å². The molecule has 3 aromatic rings. The third kappa shape index (κ3) is 5.25. The number of hydrogen-bond acceptors (Lipinski definition) is 5. The number of methoxy groups -OCH3 is 3. The summed E-state index contributed by atoms with van der Waals surface area (Å²) in [4.78, 5) is 27.4. The van der Waals surface area contributed by atoms with Gasteiger partial charge in [-0.25, -0.2) is 0 Å². The van der Waals surface area contributed by atoms with E-state index in [1.807, 2.05) is 31.2 Å². The first kappa shape index (κ1) is 22.0. The Bertz CT molecular complexity index is 1160. The molecule has 162 valence electrons. The lowest BCUT2D eigenvalue weighted by Gasteiger charge is -2.12. The molecule has 0 aliphatic rings. The zero-order chi connectivity index (χ0) is 22.4. The van der Waals surface area contributed by atoms with Crippen molar-refractivity contribution in [2.75, 3.05) is 27.9 Å². The lowest BCUT2D eigenvalue weighted by molar-refractivity contribution is -0.116. The van der Waals surface area contributed by atoms with Crippen LogP contribution in [0.3, 0.4) is 0 Å². The lowest BCUT2D eigenvalue weighted by Crippen LogP contribution is -2.25. The number of fused-ring (bicyclic) bond motifs is 1. The number of hydrogen-bond donors (Lipinski definition) is 2. The van der Waals surface area contributed by atoms with E-state index in [0.717, 1.165) is 22.0 Å². The van der Waals surface area contributed by atoms with E-state index in [9.17, 15) is 9.59 Å². The zero-order valence-electron chi connectivity index (χ0n) is 18.1. The average Bonchev–Trinajstić information content (AvgIpc) is 2.77. The van der Waals surface area contributed by atoms with Gasteiger partial charge < -0.3 is 24.5 Å². The van der Waals surface area contributed by atoms with Crippen LogP contribution in [-0.4, -0.2) is 38.8 Å². The summed E-state index contributed by atoms with van der Waals surface area (Å²) >= 11 is 0. The van der Waals surface area contributed by atoms with Crippen LogP contribution in [0.2, 0.25) is 0 Å². The summed E-state index contributed by atoms with van der Waals surface area (Å²) in [5.74, 6) is 1.24. The number of pyridine rings is 1. The van der Waals surface area contributed by atoms with E-state index >= 15 is 0 Å². The molecule has 0 aliphatic carbocycles. The van der Waals surface area contributed by atoms with Gasteiger partial charge in [-0.15, -0.1) is 0 Å². The number of carbonyl (C=O) groups is 1. The maximum Gasteiger partial charge on any atom is 0.251 e. The highest BCUT2D eigenvalue weighted by Crippen LogP contribution is 2.38. The van der Waals surface area contributed by atoms with Gasteiger partial charge in [0.1, 0.15) is 0 Å². The smallest absolute Gasteiger partial charge is 0.251 e. The third-order valence-corrected chi connectivity index (χ3v) is 4.89. The van der Waals surface area contributed by atoms with Crippen molar-refractivity contribution in [3.05, 3.63) is 69.5 Å². The third-order valence-electron chi connectivity index (χ3n) is 4.89. The minimum absolute atomic E-state index is 0.139. The number of benzene rings is 2. The first-order valence-electron chi connectivity index (χ1n) is 9.83. The molecule has 0 aliphatic heterocycles. The number of aromatic nitrogens is 1. The van der Waals surface area contributed by atoms with Gasteiger partial charge >= 0.3 is 0 Å². The Morgan fingerprint density at radius 2 is 1.74 bits per heavy atom. The standard InChI is InChI=1S/C24H26N2O5/c1-15-5-7-17-14-18(24(28)26-19(17)11-15)9-10-25-22(27)8-6-16-12-20(29-2)23(31-4)21(13-16)30-3/h5-8,11-14H,9-10H2,1-4H3,(H,25,27)(H,26,28). The number of H-pyrrole nitrogens is 1. The molecule has 0 spiro atoms. The molecule has 0 atom stereocenters. The fraction of sp³-hybridized carbons (Fsp3) is 0.250. The summed E-state index contributed by atoms with van der Waals surface area (Å²) in [5.41, 5.74) is 3.12. The van der Waals surface area contributed by atoms with Crippen molar-refractivity contribution < 1.29 is 19.0 Å². The van der Waals surface area contributed by atoms with Crippen molar-refractivity contribution in [2.45, 2.75) is 13.3 Å². The van der Waals surface area contributed by atoms with E-state index in [-0.39, 0.29) is 11.5 Å². The summed E-state index contributed by atoms with van der Waals surface area (Å²) in [5, 5.41) is 3.77. The van der Waals surface area contributed by atoms with Crippen LogP contribution in [0.1, 0.15) is 16.7 Å². The Morgan fingerprint density at radius 1 is 1.03 bits per heavy atom. The highest BCUT2D eigenvalue weighted by atomic mass is 16.5. The SMILES string of the molecule is COc1cc(C=CC(=O)NCCc2cc3ccc(C)cc3[nH]c2=O)cc(OC)c1OC. The summed E-state index contributed by atoms with van der Waals surface area (Å²) in [6.07, 6.45) is 3.52. The van der Waals surface area contributed by atoms with Crippen LogP contribution in [0, 0.1) is 6.92 Å². The quantitative estimate of drug-likeness (QED) is 0.544. The highest BCUT2D eigenvalue weighted by molar-refractivity contribution is 5.92. The predicted octanol–water partition coefficient (Wildman–Crippen LogP) is 3.23. The number of amides is 1. The summed E-state index contributed by atoms with van der Waals surface area (Å²) in [6.45, 7) is 2.33. The van der Waals surface area contributed by atoms with Crippen LogP contribution < -0.4 is 25.1 Å². The van der Waals surface area contributed by atoms with Crippen LogP contribution in [0.15, 0.2) is 47.3 Å². The van der Waals surface area contributed by atoms with Crippen LogP contribution in [0.4, 0.5) is 0 Å². The van der Waals surface area contributed by atoms with Crippen LogP contribution >= 0.6 is 0 Å². The van der Waals surface area contributed by atoms with Crippen molar-refractivity contribution >= 4 is 22.9 Å². The fourth-order valence-electron chi connectivity index (χ4n) is 3.29. The van der Waals surface area contributed by atoms with Gasteiger partial charge in [0.05, 0.1) is 21.3 Å². The maximum atomic E-state index is 12.3. The molecule has 2 N–H and O–H groups in total. The summed E-state index contributed by atoms with van der Waals surface area (Å²) < 4.78 is 15.9. The van der Waals surface area contributed by atoms with Gasteiger partial charge in [-0.1, -0.05) is 12.1 Å².